The summed E-state index contributed by atoms with van der Waals surface area (Å²) in [4.78, 5) is 26.7. The molecule has 0 unspecified atom stereocenters. The lowest BCUT2D eigenvalue weighted by molar-refractivity contribution is 0.0977. The second-order valence-corrected chi connectivity index (χ2v) is 6.16. The lowest BCUT2D eigenvalue weighted by atomic mass is 10.0. The van der Waals surface area contributed by atoms with Crippen molar-refractivity contribution in [3.05, 3.63) is 51.9 Å². The standard InChI is InChI=1S/C19H23N3O3/c1-3-4-13-22-17(23)11-10-15(20-22)19(24)21-12-6-8-14-7-5-9-16(25-2)18(14)21/h5,7,9-11H,3-4,6,8,12-13H2,1-2H3. The maximum Gasteiger partial charge on any atom is 0.278 e. The lowest BCUT2D eigenvalue weighted by Crippen LogP contribution is -2.37. The minimum absolute atomic E-state index is 0.179. The predicted octanol–water partition coefficient (Wildman–Crippen LogP) is 2.65. The number of aryl methyl sites for hydroxylation is 2. The van der Waals surface area contributed by atoms with Crippen molar-refractivity contribution in [2.75, 3.05) is 18.6 Å². The summed E-state index contributed by atoms with van der Waals surface area (Å²) in [5.41, 5.74) is 2.02. The van der Waals surface area contributed by atoms with Gasteiger partial charge in [-0.2, -0.15) is 5.10 Å². The minimum atomic E-state index is -0.198. The fourth-order valence-electron chi connectivity index (χ4n) is 3.15. The molecule has 0 atom stereocenters. The van der Waals surface area contributed by atoms with Gasteiger partial charge in [-0.1, -0.05) is 25.5 Å². The van der Waals surface area contributed by atoms with Gasteiger partial charge in [-0.3, -0.25) is 9.59 Å². The number of aromatic nitrogens is 2. The van der Waals surface area contributed by atoms with Gasteiger partial charge in [0.2, 0.25) is 0 Å². The molecule has 0 saturated carbocycles. The van der Waals surface area contributed by atoms with E-state index in [-0.39, 0.29) is 17.2 Å². The van der Waals surface area contributed by atoms with Crippen molar-refractivity contribution in [3.63, 3.8) is 0 Å². The number of unbranched alkanes of at least 4 members (excludes halogenated alkanes) is 1. The van der Waals surface area contributed by atoms with Crippen LogP contribution in [-0.2, 0) is 13.0 Å². The molecule has 1 aliphatic heterocycles. The number of hydrogen-bond donors (Lipinski definition) is 0. The molecule has 0 radical (unpaired) electrons. The number of amides is 1. The molecule has 2 heterocycles. The van der Waals surface area contributed by atoms with E-state index in [2.05, 4.69) is 12.0 Å². The van der Waals surface area contributed by atoms with Crippen LogP contribution in [0.1, 0.15) is 42.2 Å². The van der Waals surface area contributed by atoms with Gasteiger partial charge in [-0.15, -0.1) is 0 Å². The van der Waals surface area contributed by atoms with Crippen molar-refractivity contribution in [1.29, 1.82) is 0 Å². The van der Waals surface area contributed by atoms with Gasteiger partial charge in [0.05, 0.1) is 12.8 Å². The molecule has 1 aromatic heterocycles. The number of benzene rings is 1. The fourth-order valence-corrected chi connectivity index (χ4v) is 3.15. The first kappa shape index (κ1) is 17.2. The molecule has 1 amide bonds. The van der Waals surface area contributed by atoms with Gasteiger partial charge >= 0.3 is 0 Å². The van der Waals surface area contributed by atoms with Crippen LogP contribution >= 0.6 is 0 Å². The van der Waals surface area contributed by atoms with Gasteiger partial charge in [0.1, 0.15) is 11.4 Å². The van der Waals surface area contributed by atoms with Gasteiger partial charge in [0.15, 0.2) is 0 Å². The number of para-hydroxylation sites is 1. The molecule has 0 aliphatic carbocycles. The summed E-state index contributed by atoms with van der Waals surface area (Å²) in [6.07, 6.45) is 3.62. The van der Waals surface area contributed by atoms with Crippen LogP contribution in [0.25, 0.3) is 0 Å². The molecule has 6 nitrogen and oxygen atoms in total. The third kappa shape index (κ3) is 3.43. The van der Waals surface area contributed by atoms with Crippen LogP contribution in [0, 0.1) is 0 Å². The van der Waals surface area contributed by atoms with E-state index in [1.54, 1.807) is 12.0 Å². The average molecular weight is 341 g/mol. The molecule has 1 aliphatic rings. The Morgan fingerprint density at radius 2 is 2.12 bits per heavy atom. The van der Waals surface area contributed by atoms with Crippen LogP contribution in [0.3, 0.4) is 0 Å². The maximum atomic E-state index is 13.1. The van der Waals surface area contributed by atoms with Crippen LogP contribution in [0.4, 0.5) is 5.69 Å². The van der Waals surface area contributed by atoms with E-state index in [9.17, 15) is 9.59 Å². The number of rotatable bonds is 5. The first-order chi connectivity index (χ1) is 12.2. The molecule has 0 saturated heterocycles. The molecule has 6 heteroatoms. The highest BCUT2D eigenvalue weighted by Gasteiger charge is 2.27. The van der Waals surface area contributed by atoms with Crippen LogP contribution in [-0.4, -0.2) is 29.3 Å². The van der Waals surface area contributed by atoms with Gasteiger partial charge < -0.3 is 9.64 Å². The Morgan fingerprint density at radius 3 is 2.88 bits per heavy atom. The van der Waals surface area contributed by atoms with E-state index >= 15 is 0 Å². The molecule has 0 N–H and O–H groups in total. The predicted molar refractivity (Wildman–Crippen MR) is 96.4 cm³/mol. The van der Waals surface area contributed by atoms with E-state index in [0.29, 0.717) is 18.8 Å². The average Bonchev–Trinajstić information content (AvgIpc) is 2.65. The summed E-state index contributed by atoms with van der Waals surface area (Å²) in [5, 5.41) is 4.29. The second kappa shape index (κ2) is 7.51. The summed E-state index contributed by atoms with van der Waals surface area (Å²) in [6, 6.07) is 8.75. The number of ether oxygens (including phenoxy) is 1. The number of carbonyl (C=O) groups excluding carboxylic acids is 1. The van der Waals surface area contributed by atoms with Crippen LogP contribution in [0.2, 0.25) is 0 Å². The van der Waals surface area contributed by atoms with E-state index in [1.807, 2.05) is 18.2 Å². The van der Waals surface area contributed by atoms with Gasteiger partial charge in [-0.25, -0.2) is 4.68 Å². The molecular weight excluding hydrogens is 318 g/mol. The lowest BCUT2D eigenvalue weighted by Gasteiger charge is -2.30. The Morgan fingerprint density at radius 1 is 1.28 bits per heavy atom. The normalized spacial score (nSPS) is 13.4. The molecule has 0 spiro atoms. The van der Waals surface area contributed by atoms with Crippen molar-refractivity contribution in [2.24, 2.45) is 0 Å². The van der Waals surface area contributed by atoms with Gasteiger partial charge in [0, 0.05) is 19.2 Å². The van der Waals surface area contributed by atoms with Crippen LogP contribution in [0.15, 0.2) is 35.1 Å². The first-order valence-electron chi connectivity index (χ1n) is 8.71. The Labute approximate surface area is 147 Å². The highest BCUT2D eigenvalue weighted by molar-refractivity contribution is 6.06. The SMILES string of the molecule is CCCCn1nc(C(=O)N2CCCc3cccc(OC)c32)ccc1=O. The first-order valence-corrected chi connectivity index (χ1v) is 8.71. The number of fused-ring (bicyclic) bond motifs is 1. The molecule has 0 fully saturated rings. The fraction of sp³-hybridized carbons (Fsp3) is 0.421. The highest BCUT2D eigenvalue weighted by atomic mass is 16.5. The second-order valence-electron chi connectivity index (χ2n) is 6.16. The molecule has 2 aromatic rings. The number of anilines is 1. The third-order valence-corrected chi connectivity index (χ3v) is 4.45. The van der Waals surface area contributed by atoms with Crippen molar-refractivity contribution < 1.29 is 9.53 Å². The molecule has 0 bridgehead atoms. The Hall–Kier alpha value is -2.63. The number of methoxy groups -OCH3 is 1. The maximum absolute atomic E-state index is 13.1. The Bertz CT molecular complexity index is 815. The quantitative estimate of drug-likeness (QED) is 0.839. The van der Waals surface area contributed by atoms with Crippen LogP contribution in [0.5, 0.6) is 5.75 Å². The van der Waals surface area contributed by atoms with Crippen LogP contribution < -0.4 is 15.2 Å². The molecule has 25 heavy (non-hydrogen) atoms. The summed E-state index contributed by atoms with van der Waals surface area (Å²) in [7, 11) is 1.61. The van der Waals surface area contributed by atoms with Crippen molar-refractivity contribution >= 4 is 11.6 Å². The van der Waals surface area contributed by atoms with E-state index in [4.69, 9.17) is 4.74 Å². The zero-order valence-corrected chi connectivity index (χ0v) is 14.7. The minimum Gasteiger partial charge on any atom is -0.495 e. The summed E-state index contributed by atoms with van der Waals surface area (Å²) >= 11 is 0. The largest absolute Gasteiger partial charge is 0.495 e. The summed E-state index contributed by atoms with van der Waals surface area (Å²) in [5.74, 6) is 0.487. The molecule has 132 valence electrons. The molecule has 1 aromatic carbocycles. The topological polar surface area (TPSA) is 64.4 Å². The summed E-state index contributed by atoms with van der Waals surface area (Å²) in [6.45, 7) is 3.19. The van der Waals surface area contributed by atoms with Crippen molar-refractivity contribution in [1.82, 2.24) is 9.78 Å². The highest BCUT2D eigenvalue weighted by Crippen LogP contribution is 2.36. The molecular formula is C19H23N3O3. The zero-order chi connectivity index (χ0) is 17.8. The van der Waals surface area contributed by atoms with E-state index in [1.165, 1.54) is 16.8 Å². The number of carbonyl (C=O) groups is 1. The molecule has 3 rings (SSSR count). The number of hydrogen-bond acceptors (Lipinski definition) is 4. The van der Waals surface area contributed by atoms with Gasteiger partial charge in [0.25, 0.3) is 11.5 Å². The Balaban J connectivity index is 1.97. The van der Waals surface area contributed by atoms with Crippen molar-refractivity contribution in [3.8, 4) is 5.75 Å². The number of nitrogens with zero attached hydrogens (tertiary/aromatic N) is 3. The smallest absolute Gasteiger partial charge is 0.278 e. The van der Waals surface area contributed by atoms with E-state index < -0.39 is 0 Å². The monoisotopic (exact) mass is 341 g/mol. The van der Waals surface area contributed by atoms with Crippen molar-refractivity contribution in [2.45, 2.75) is 39.2 Å². The third-order valence-electron chi connectivity index (χ3n) is 4.45. The van der Waals surface area contributed by atoms with Gasteiger partial charge in [-0.05, 0) is 37.0 Å². The van der Waals surface area contributed by atoms with E-state index in [0.717, 1.165) is 36.9 Å². The summed E-state index contributed by atoms with van der Waals surface area (Å²) < 4.78 is 6.83. The zero-order valence-electron chi connectivity index (χ0n) is 14.7. The Kier molecular flexibility index (Phi) is 5.16.